The molecular formula is C22H22N2O2. The fourth-order valence-electron chi connectivity index (χ4n) is 3.69. The number of hydrogen-bond donors (Lipinski definition) is 0. The summed E-state index contributed by atoms with van der Waals surface area (Å²) < 4.78 is 0. The van der Waals surface area contributed by atoms with Crippen molar-refractivity contribution in [1.82, 2.24) is 9.80 Å². The van der Waals surface area contributed by atoms with Crippen LogP contribution in [0.2, 0.25) is 0 Å². The van der Waals surface area contributed by atoms with Gasteiger partial charge in [0.1, 0.15) is 5.70 Å². The van der Waals surface area contributed by atoms with Crippen molar-refractivity contribution in [1.29, 1.82) is 0 Å². The van der Waals surface area contributed by atoms with Crippen LogP contribution < -0.4 is 0 Å². The summed E-state index contributed by atoms with van der Waals surface area (Å²) in [7, 11) is 0. The highest BCUT2D eigenvalue weighted by atomic mass is 16.2. The lowest BCUT2D eigenvalue weighted by molar-refractivity contribution is -0.138. The van der Waals surface area contributed by atoms with Gasteiger partial charge in [0.25, 0.3) is 11.8 Å². The molecule has 0 bridgehead atoms. The molecule has 1 saturated heterocycles. The van der Waals surface area contributed by atoms with Crippen LogP contribution in [0.15, 0.2) is 60.3 Å². The molecule has 0 aliphatic carbocycles. The molecule has 2 aliphatic heterocycles. The summed E-state index contributed by atoms with van der Waals surface area (Å²) >= 11 is 0. The van der Waals surface area contributed by atoms with Gasteiger partial charge in [-0.2, -0.15) is 0 Å². The Labute approximate surface area is 153 Å². The van der Waals surface area contributed by atoms with Gasteiger partial charge in [-0.1, -0.05) is 60.2 Å². The van der Waals surface area contributed by atoms with Gasteiger partial charge in [-0.3, -0.25) is 14.5 Å². The largest absolute Gasteiger partial charge is 0.366 e. The van der Waals surface area contributed by atoms with E-state index in [0.717, 1.165) is 42.6 Å². The van der Waals surface area contributed by atoms with Crippen LogP contribution in [0, 0.1) is 6.92 Å². The second-order valence-corrected chi connectivity index (χ2v) is 6.97. The lowest BCUT2D eigenvalue weighted by atomic mass is 10.0. The standard InChI is InChI=1S/C22H22N2O2/c1-16-9-11-18(12-10-16)19-20(23-13-5-6-14-23)22(26)24(21(19)25)15-17-7-3-2-4-8-17/h2-4,7-12H,5-6,13-15H2,1H3. The van der Waals surface area contributed by atoms with Crippen molar-refractivity contribution in [3.8, 4) is 0 Å². The smallest absolute Gasteiger partial charge is 0.278 e. The second-order valence-electron chi connectivity index (χ2n) is 6.97. The van der Waals surface area contributed by atoms with Crippen LogP contribution in [0.4, 0.5) is 0 Å². The van der Waals surface area contributed by atoms with Crippen molar-refractivity contribution in [2.45, 2.75) is 26.3 Å². The van der Waals surface area contributed by atoms with E-state index in [1.807, 2.05) is 61.5 Å². The zero-order valence-corrected chi connectivity index (χ0v) is 14.9. The average Bonchev–Trinajstić information content (AvgIpc) is 3.26. The van der Waals surface area contributed by atoms with E-state index in [0.29, 0.717) is 17.8 Å². The Morgan fingerprint density at radius 3 is 2.15 bits per heavy atom. The maximum Gasteiger partial charge on any atom is 0.278 e. The third kappa shape index (κ3) is 2.92. The molecule has 0 N–H and O–H groups in total. The summed E-state index contributed by atoms with van der Waals surface area (Å²) in [5.74, 6) is -0.360. The molecule has 0 radical (unpaired) electrons. The number of carbonyl (C=O) groups is 2. The van der Waals surface area contributed by atoms with Crippen molar-refractivity contribution in [3.63, 3.8) is 0 Å². The number of amides is 2. The lowest BCUT2D eigenvalue weighted by Crippen LogP contribution is -2.34. The van der Waals surface area contributed by atoms with E-state index in [2.05, 4.69) is 4.90 Å². The lowest BCUT2D eigenvalue weighted by Gasteiger charge is -2.20. The molecule has 4 nitrogen and oxygen atoms in total. The average molecular weight is 346 g/mol. The van der Waals surface area contributed by atoms with E-state index >= 15 is 0 Å². The van der Waals surface area contributed by atoms with Crippen LogP contribution in [0.5, 0.6) is 0 Å². The summed E-state index contributed by atoms with van der Waals surface area (Å²) in [5, 5.41) is 0. The van der Waals surface area contributed by atoms with Crippen LogP contribution >= 0.6 is 0 Å². The first-order valence-corrected chi connectivity index (χ1v) is 9.11. The van der Waals surface area contributed by atoms with Gasteiger partial charge < -0.3 is 4.90 Å². The third-order valence-electron chi connectivity index (χ3n) is 5.09. The van der Waals surface area contributed by atoms with Gasteiger partial charge in [0.15, 0.2) is 0 Å². The third-order valence-corrected chi connectivity index (χ3v) is 5.09. The monoisotopic (exact) mass is 346 g/mol. The zero-order valence-electron chi connectivity index (χ0n) is 14.9. The normalized spacial score (nSPS) is 17.6. The van der Waals surface area contributed by atoms with Crippen LogP contribution in [-0.4, -0.2) is 34.7 Å². The SMILES string of the molecule is Cc1ccc(C2=C(N3CCCC3)C(=O)N(Cc3ccccc3)C2=O)cc1. The van der Waals surface area contributed by atoms with Gasteiger partial charge >= 0.3 is 0 Å². The Morgan fingerprint density at radius 1 is 0.846 bits per heavy atom. The number of nitrogens with zero attached hydrogens (tertiary/aromatic N) is 2. The molecule has 2 amide bonds. The summed E-state index contributed by atoms with van der Waals surface area (Å²) in [6, 6.07) is 17.5. The predicted molar refractivity (Wildman–Crippen MR) is 101 cm³/mol. The number of hydrogen-bond acceptors (Lipinski definition) is 3. The molecule has 4 rings (SSSR count). The van der Waals surface area contributed by atoms with Gasteiger partial charge in [0.2, 0.25) is 0 Å². The Morgan fingerprint density at radius 2 is 1.50 bits per heavy atom. The Kier molecular flexibility index (Phi) is 4.33. The summed E-state index contributed by atoms with van der Waals surface area (Å²) in [4.78, 5) is 29.8. The molecule has 2 aliphatic rings. The van der Waals surface area contributed by atoms with E-state index in [1.165, 1.54) is 4.90 Å². The summed E-state index contributed by atoms with van der Waals surface area (Å²) in [6.45, 7) is 4.00. The molecule has 0 atom stereocenters. The van der Waals surface area contributed by atoms with Gasteiger partial charge in [-0.05, 0) is 30.9 Å². The van der Waals surface area contributed by atoms with Crippen molar-refractivity contribution in [3.05, 3.63) is 77.0 Å². The maximum atomic E-state index is 13.2. The van der Waals surface area contributed by atoms with Crippen molar-refractivity contribution >= 4 is 17.4 Å². The van der Waals surface area contributed by atoms with Crippen LogP contribution in [0.1, 0.15) is 29.5 Å². The Hall–Kier alpha value is -2.88. The molecular weight excluding hydrogens is 324 g/mol. The van der Waals surface area contributed by atoms with E-state index in [4.69, 9.17) is 0 Å². The zero-order chi connectivity index (χ0) is 18.1. The van der Waals surface area contributed by atoms with E-state index < -0.39 is 0 Å². The quantitative estimate of drug-likeness (QED) is 0.797. The minimum atomic E-state index is -0.190. The van der Waals surface area contributed by atoms with Crippen LogP contribution in [0.25, 0.3) is 5.57 Å². The molecule has 4 heteroatoms. The number of imide groups is 1. The number of benzene rings is 2. The molecule has 26 heavy (non-hydrogen) atoms. The number of aryl methyl sites for hydroxylation is 1. The van der Waals surface area contributed by atoms with E-state index in [9.17, 15) is 9.59 Å². The highest BCUT2D eigenvalue weighted by Crippen LogP contribution is 2.34. The highest BCUT2D eigenvalue weighted by molar-refractivity contribution is 6.35. The second kappa shape index (κ2) is 6.79. The number of carbonyl (C=O) groups excluding carboxylic acids is 2. The first-order chi connectivity index (χ1) is 12.6. The van der Waals surface area contributed by atoms with Gasteiger partial charge in [0, 0.05) is 13.1 Å². The molecule has 2 aromatic carbocycles. The molecule has 0 aromatic heterocycles. The van der Waals surface area contributed by atoms with E-state index in [-0.39, 0.29) is 11.8 Å². The molecule has 132 valence electrons. The maximum absolute atomic E-state index is 13.2. The van der Waals surface area contributed by atoms with Gasteiger partial charge in [0.05, 0.1) is 12.1 Å². The van der Waals surface area contributed by atoms with Crippen molar-refractivity contribution < 1.29 is 9.59 Å². The van der Waals surface area contributed by atoms with Gasteiger partial charge in [-0.15, -0.1) is 0 Å². The summed E-state index contributed by atoms with van der Waals surface area (Å²) in [5.41, 5.74) is 4.04. The van der Waals surface area contributed by atoms with Crippen LogP contribution in [-0.2, 0) is 16.1 Å². The van der Waals surface area contributed by atoms with Crippen molar-refractivity contribution in [2.75, 3.05) is 13.1 Å². The van der Waals surface area contributed by atoms with Crippen LogP contribution in [0.3, 0.4) is 0 Å². The molecule has 0 saturated carbocycles. The fourth-order valence-corrected chi connectivity index (χ4v) is 3.69. The minimum Gasteiger partial charge on any atom is -0.366 e. The molecule has 2 aromatic rings. The number of rotatable bonds is 4. The van der Waals surface area contributed by atoms with E-state index in [1.54, 1.807) is 0 Å². The Balaban J connectivity index is 1.74. The molecule has 1 fully saturated rings. The first-order valence-electron chi connectivity index (χ1n) is 9.11. The first kappa shape index (κ1) is 16.6. The van der Waals surface area contributed by atoms with Crippen molar-refractivity contribution in [2.24, 2.45) is 0 Å². The molecule has 2 heterocycles. The highest BCUT2D eigenvalue weighted by Gasteiger charge is 2.41. The number of likely N-dealkylation sites (tertiary alicyclic amines) is 1. The fraction of sp³-hybridized carbons (Fsp3) is 0.273. The van der Waals surface area contributed by atoms with Gasteiger partial charge in [-0.25, -0.2) is 0 Å². The minimum absolute atomic E-state index is 0.170. The topological polar surface area (TPSA) is 40.6 Å². The molecule has 0 unspecified atom stereocenters. The molecule has 0 spiro atoms. The predicted octanol–water partition coefficient (Wildman–Crippen LogP) is 3.37. The Bertz CT molecular complexity index is 863. The summed E-state index contributed by atoms with van der Waals surface area (Å²) in [6.07, 6.45) is 2.12.